The third-order valence-corrected chi connectivity index (χ3v) is 2.84. The highest BCUT2D eigenvalue weighted by molar-refractivity contribution is 5.94. The third-order valence-electron chi connectivity index (χ3n) is 2.84. The summed E-state index contributed by atoms with van der Waals surface area (Å²) in [6.45, 7) is 7.57. The summed E-state index contributed by atoms with van der Waals surface area (Å²) < 4.78 is 15.5. The normalized spacial score (nSPS) is 12.8. The highest BCUT2D eigenvalue weighted by atomic mass is 16.6. The number of aryl methyl sites for hydroxylation is 1. The Morgan fingerprint density at radius 3 is 2.50 bits per heavy atom. The van der Waals surface area contributed by atoms with Crippen molar-refractivity contribution in [3.63, 3.8) is 0 Å². The average molecular weight is 311 g/mol. The second-order valence-electron chi connectivity index (χ2n) is 6.16. The van der Waals surface area contributed by atoms with E-state index in [9.17, 15) is 9.59 Å². The molecule has 1 heterocycles. The minimum atomic E-state index is -0.585. The van der Waals surface area contributed by atoms with E-state index in [1.807, 2.05) is 0 Å². The van der Waals surface area contributed by atoms with Crippen LogP contribution in [0, 0.1) is 6.92 Å². The number of hydrogen-bond donors (Lipinski definition) is 1. The molecule has 0 radical (unpaired) electrons. The number of amides is 1. The first-order chi connectivity index (χ1) is 10.2. The summed E-state index contributed by atoms with van der Waals surface area (Å²) in [5, 5.41) is 2.71. The number of carbonyl (C=O) groups excluding carboxylic acids is 2. The van der Waals surface area contributed by atoms with Crippen LogP contribution in [0.1, 0.15) is 49.9 Å². The molecule has 6 nitrogen and oxygen atoms in total. The van der Waals surface area contributed by atoms with Crippen molar-refractivity contribution >= 4 is 11.9 Å². The minimum absolute atomic E-state index is 0.134. The largest absolute Gasteiger partial charge is 0.458 e. The summed E-state index contributed by atoms with van der Waals surface area (Å²) >= 11 is 0. The number of Topliss-reactive ketones (excluding diaryl/α,β-unsaturated/α-hetero) is 1. The second kappa shape index (κ2) is 7.98. The summed E-state index contributed by atoms with van der Waals surface area (Å²) in [7, 11) is 1.57. The van der Waals surface area contributed by atoms with Gasteiger partial charge in [0.05, 0.1) is 0 Å². The third kappa shape index (κ3) is 6.76. The van der Waals surface area contributed by atoms with Crippen molar-refractivity contribution in [2.75, 3.05) is 13.7 Å². The molecule has 1 atom stereocenters. The topological polar surface area (TPSA) is 77.8 Å². The molecule has 124 valence electrons. The van der Waals surface area contributed by atoms with Gasteiger partial charge >= 0.3 is 6.09 Å². The molecule has 0 aliphatic rings. The van der Waals surface area contributed by atoms with Crippen LogP contribution >= 0.6 is 0 Å². The number of carbonyl (C=O) groups is 2. The molecule has 1 amide bonds. The molecular formula is C16H25NO5. The molecule has 1 N–H and O–H groups in total. The summed E-state index contributed by atoms with van der Waals surface area (Å²) in [4.78, 5) is 24.0. The van der Waals surface area contributed by atoms with Crippen molar-refractivity contribution < 1.29 is 23.5 Å². The van der Waals surface area contributed by atoms with E-state index in [2.05, 4.69) is 5.32 Å². The molecule has 0 aliphatic carbocycles. The van der Waals surface area contributed by atoms with Gasteiger partial charge in [-0.25, -0.2) is 4.79 Å². The van der Waals surface area contributed by atoms with Crippen molar-refractivity contribution in [1.82, 2.24) is 5.32 Å². The van der Waals surface area contributed by atoms with Crippen molar-refractivity contribution in [3.8, 4) is 0 Å². The molecule has 22 heavy (non-hydrogen) atoms. The van der Waals surface area contributed by atoms with Crippen molar-refractivity contribution in [3.05, 3.63) is 23.7 Å². The van der Waals surface area contributed by atoms with Crippen LogP contribution in [0.4, 0.5) is 4.79 Å². The Morgan fingerprint density at radius 2 is 2.00 bits per heavy atom. The quantitative estimate of drug-likeness (QED) is 0.783. The van der Waals surface area contributed by atoms with E-state index in [0.717, 1.165) is 0 Å². The maximum Gasteiger partial charge on any atom is 0.407 e. The standard InChI is InChI=1S/C16H25NO5/c1-11-6-7-14(21-11)13(18)10-12(8-9-20-5)17-15(19)22-16(2,3)4/h6-7,12H,8-10H2,1-5H3,(H,17,19). The molecule has 0 aromatic carbocycles. The van der Waals surface area contributed by atoms with Crippen LogP contribution in [0.25, 0.3) is 0 Å². The van der Waals surface area contributed by atoms with Crippen LogP contribution in [0.3, 0.4) is 0 Å². The molecule has 1 aromatic heterocycles. The van der Waals surface area contributed by atoms with E-state index in [-0.39, 0.29) is 18.2 Å². The zero-order valence-electron chi connectivity index (χ0n) is 13.9. The van der Waals surface area contributed by atoms with Crippen LogP contribution < -0.4 is 5.32 Å². The van der Waals surface area contributed by atoms with Gasteiger partial charge in [0.1, 0.15) is 11.4 Å². The molecule has 0 bridgehead atoms. The molecule has 1 aromatic rings. The first kappa shape index (κ1) is 18.2. The lowest BCUT2D eigenvalue weighted by Crippen LogP contribution is -2.40. The molecule has 0 saturated heterocycles. The van der Waals surface area contributed by atoms with E-state index >= 15 is 0 Å². The molecule has 0 saturated carbocycles. The zero-order valence-corrected chi connectivity index (χ0v) is 13.9. The molecule has 6 heteroatoms. The lowest BCUT2D eigenvalue weighted by molar-refractivity contribution is 0.0489. The van der Waals surface area contributed by atoms with Gasteiger partial charge in [0.15, 0.2) is 11.5 Å². The minimum Gasteiger partial charge on any atom is -0.458 e. The van der Waals surface area contributed by atoms with E-state index in [4.69, 9.17) is 13.9 Å². The first-order valence-electron chi connectivity index (χ1n) is 7.29. The van der Waals surface area contributed by atoms with Gasteiger partial charge in [-0.05, 0) is 46.2 Å². The number of ketones is 1. The summed E-state index contributed by atoms with van der Waals surface area (Å²) in [6.07, 6.45) is 0.105. The molecule has 0 spiro atoms. The lowest BCUT2D eigenvalue weighted by atomic mass is 10.1. The number of methoxy groups -OCH3 is 1. The Kier molecular flexibility index (Phi) is 6.61. The van der Waals surface area contributed by atoms with E-state index in [1.165, 1.54) is 0 Å². The predicted octanol–water partition coefficient (Wildman–Crippen LogP) is 3.09. The van der Waals surface area contributed by atoms with Crippen LogP contribution in [-0.4, -0.2) is 37.2 Å². The van der Waals surface area contributed by atoms with Gasteiger partial charge in [0.2, 0.25) is 0 Å². The van der Waals surface area contributed by atoms with Crippen LogP contribution in [0.2, 0.25) is 0 Å². The predicted molar refractivity (Wildman–Crippen MR) is 82.0 cm³/mol. The monoisotopic (exact) mass is 311 g/mol. The zero-order chi connectivity index (χ0) is 16.8. The summed E-state index contributed by atoms with van der Waals surface area (Å²) in [6, 6.07) is 3.00. The van der Waals surface area contributed by atoms with E-state index in [1.54, 1.807) is 46.9 Å². The second-order valence-corrected chi connectivity index (χ2v) is 6.16. The highest BCUT2D eigenvalue weighted by Crippen LogP contribution is 2.13. The number of hydrogen-bond acceptors (Lipinski definition) is 5. The number of rotatable bonds is 7. The smallest absolute Gasteiger partial charge is 0.407 e. The van der Waals surface area contributed by atoms with Gasteiger partial charge in [0, 0.05) is 26.2 Å². The molecular weight excluding hydrogens is 286 g/mol. The van der Waals surface area contributed by atoms with Gasteiger partial charge in [-0.15, -0.1) is 0 Å². The SMILES string of the molecule is COCCC(CC(=O)c1ccc(C)o1)NC(=O)OC(C)(C)C. The van der Waals surface area contributed by atoms with Crippen molar-refractivity contribution in [2.45, 2.75) is 52.2 Å². The van der Waals surface area contributed by atoms with Gasteiger partial charge in [-0.2, -0.15) is 0 Å². The Labute approximate surface area is 131 Å². The first-order valence-corrected chi connectivity index (χ1v) is 7.29. The lowest BCUT2D eigenvalue weighted by Gasteiger charge is -2.23. The maximum absolute atomic E-state index is 12.2. The average Bonchev–Trinajstić information content (AvgIpc) is 2.80. The fraction of sp³-hybridized carbons (Fsp3) is 0.625. The molecule has 0 aliphatic heterocycles. The number of alkyl carbamates (subject to hydrolysis) is 1. The number of ether oxygens (including phenoxy) is 2. The van der Waals surface area contributed by atoms with Gasteiger partial charge < -0.3 is 19.2 Å². The van der Waals surface area contributed by atoms with E-state index in [0.29, 0.717) is 24.5 Å². The molecule has 0 fully saturated rings. The Hall–Kier alpha value is -1.82. The Morgan fingerprint density at radius 1 is 1.32 bits per heavy atom. The van der Waals surface area contributed by atoms with Crippen molar-refractivity contribution in [2.24, 2.45) is 0 Å². The molecule has 1 rings (SSSR count). The fourth-order valence-electron chi connectivity index (χ4n) is 1.87. The maximum atomic E-state index is 12.2. The fourth-order valence-corrected chi connectivity index (χ4v) is 1.87. The Balaban J connectivity index is 2.63. The Bertz CT molecular complexity index is 501. The van der Waals surface area contributed by atoms with Crippen LogP contribution in [-0.2, 0) is 9.47 Å². The molecule has 1 unspecified atom stereocenters. The summed E-state index contributed by atoms with van der Waals surface area (Å²) in [5.41, 5.74) is -0.585. The number of nitrogens with one attached hydrogen (secondary N) is 1. The summed E-state index contributed by atoms with van der Waals surface area (Å²) in [5.74, 6) is 0.813. The number of furan rings is 1. The van der Waals surface area contributed by atoms with Gasteiger partial charge in [-0.3, -0.25) is 4.79 Å². The van der Waals surface area contributed by atoms with Crippen LogP contribution in [0.15, 0.2) is 16.5 Å². The van der Waals surface area contributed by atoms with Gasteiger partial charge in [-0.1, -0.05) is 0 Å². The highest BCUT2D eigenvalue weighted by Gasteiger charge is 2.22. The van der Waals surface area contributed by atoms with Gasteiger partial charge in [0.25, 0.3) is 0 Å². The van der Waals surface area contributed by atoms with E-state index < -0.39 is 11.7 Å². The van der Waals surface area contributed by atoms with Crippen molar-refractivity contribution in [1.29, 1.82) is 0 Å². The van der Waals surface area contributed by atoms with Crippen LogP contribution in [0.5, 0.6) is 0 Å².